The van der Waals surface area contributed by atoms with E-state index in [1.807, 2.05) is 0 Å². The molecule has 0 spiro atoms. The lowest BCUT2D eigenvalue weighted by molar-refractivity contribution is 0.0470. The van der Waals surface area contributed by atoms with E-state index in [0.29, 0.717) is 10.9 Å². The number of esters is 1. The number of nitrogens with one attached hydrogen (secondary N) is 1. The molecular weight excluding hydrogens is 315 g/mol. The predicted octanol–water partition coefficient (Wildman–Crippen LogP) is 2.75. The zero-order valence-corrected chi connectivity index (χ0v) is 12.7. The van der Waals surface area contributed by atoms with Gasteiger partial charge in [-0.25, -0.2) is 9.18 Å². The molecule has 3 aromatic rings. The Kier molecular flexibility index (Phi) is 4.24. The number of benzene rings is 2. The Morgan fingerprint density at radius 3 is 2.79 bits per heavy atom. The molecule has 0 aliphatic carbocycles. The Bertz CT molecular complexity index is 920. The van der Waals surface area contributed by atoms with Crippen LogP contribution in [0, 0.1) is 5.82 Å². The molecule has 0 saturated heterocycles. The number of fused-ring (bicyclic) bond motifs is 1. The van der Waals surface area contributed by atoms with Gasteiger partial charge in [0.15, 0.2) is 12.3 Å². The quantitative estimate of drug-likeness (QED) is 0.575. The number of carbonyl (C=O) groups excluding carboxylic acids is 2. The maximum atomic E-state index is 13.3. The molecule has 0 unspecified atom stereocenters. The van der Waals surface area contributed by atoms with Crippen molar-refractivity contribution in [3.05, 3.63) is 59.5 Å². The van der Waals surface area contributed by atoms with E-state index in [9.17, 15) is 14.0 Å². The van der Waals surface area contributed by atoms with Crippen molar-refractivity contribution in [3.63, 3.8) is 0 Å². The average molecular weight is 328 g/mol. The van der Waals surface area contributed by atoms with Crippen molar-refractivity contribution in [1.29, 1.82) is 0 Å². The van der Waals surface area contributed by atoms with Crippen molar-refractivity contribution in [3.8, 4) is 5.75 Å². The van der Waals surface area contributed by atoms with Crippen molar-refractivity contribution in [2.24, 2.45) is 0 Å². The summed E-state index contributed by atoms with van der Waals surface area (Å²) in [7, 11) is 1.37. The Morgan fingerprint density at radius 2 is 2.00 bits per heavy atom. The summed E-state index contributed by atoms with van der Waals surface area (Å²) in [6, 6.07) is 10.6. The Balaban J connectivity index is 1.75. The summed E-state index contributed by atoms with van der Waals surface area (Å²) in [5.74, 6) is -1.68. The summed E-state index contributed by atoms with van der Waals surface area (Å²) in [4.78, 5) is 24.3. The summed E-state index contributed by atoms with van der Waals surface area (Å²) in [6.45, 7) is -0.542. The molecule has 122 valence electrons. The van der Waals surface area contributed by atoms with Crippen molar-refractivity contribution < 1.29 is 23.5 Å². The predicted molar refractivity (Wildman–Crippen MR) is 83.7 cm³/mol. The highest BCUT2D eigenvalue weighted by Crippen LogP contribution is 2.20. The summed E-state index contributed by atoms with van der Waals surface area (Å²) in [5, 5.41) is 7.20. The lowest BCUT2D eigenvalue weighted by Gasteiger charge is -2.08. The van der Waals surface area contributed by atoms with E-state index in [4.69, 9.17) is 9.47 Å². The van der Waals surface area contributed by atoms with Crippen molar-refractivity contribution in [1.82, 2.24) is 10.2 Å². The molecule has 1 aromatic heterocycles. The molecule has 0 aliphatic rings. The Hall–Kier alpha value is -3.22. The third-order valence-corrected chi connectivity index (χ3v) is 3.46. The third kappa shape index (κ3) is 2.96. The zero-order chi connectivity index (χ0) is 17.1. The van der Waals surface area contributed by atoms with E-state index in [2.05, 4.69) is 10.2 Å². The normalized spacial score (nSPS) is 10.6. The minimum absolute atomic E-state index is 0.0113. The fourth-order valence-corrected chi connectivity index (χ4v) is 2.29. The first kappa shape index (κ1) is 15.7. The summed E-state index contributed by atoms with van der Waals surface area (Å²) in [5.41, 5.74) is 0.782. The number of hydrogen-bond acceptors (Lipinski definition) is 5. The molecule has 6 nitrogen and oxygen atoms in total. The smallest absolute Gasteiger partial charge is 0.359 e. The van der Waals surface area contributed by atoms with Crippen LogP contribution in [-0.4, -0.2) is 35.7 Å². The second-order valence-corrected chi connectivity index (χ2v) is 4.96. The Morgan fingerprint density at radius 1 is 1.21 bits per heavy atom. The van der Waals surface area contributed by atoms with Crippen LogP contribution in [0.4, 0.5) is 4.39 Å². The number of halogens is 1. The number of nitrogens with zero attached hydrogens (tertiary/aromatic N) is 1. The van der Waals surface area contributed by atoms with E-state index < -0.39 is 24.2 Å². The average Bonchev–Trinajstić information content (AvgIpc) is 3.03. The Labute approximate surface area is 136 Å². The molecule has 0 fully saturated rings. The second-order valence-electron chi connectivity index (χ2n) is 4.96. The van der Waals surface area contributed by atoms with Gasteiger partial charge in [-0.05, 0) is 24.3 Å². The number of Topliss-reactive ketones (excluding diaryl/α,β-unsaturated/α-hetero) is 1. The van der Waals surface area contributed by atoms with Gasteiger partial charge in [-0.1, -0.05) is 18.2 Å². The van der Waals surface area contributed by atoms with Crippen LogP contribution in [0.2, 0.25) is 0 Å². The molecule has 2 aromatic carbocycles. The molecule has 0 radical (unpaired) electrons. The highest BCUT2D eigenvalue weighted by atomic mass is 19.1. The van der Waals surface area contributed by atoms with Crippen LogP contribution in [0.1, 0.15) is 20.8 Å². The molecule has 24 heavy (non-hydrogen) atoms. The number of ether oxygens (including phenoxy) is 2. The lowest BCUT2D eigenvalue weighted by Crippen LogP contribution is -2.15. The highest BCUT2D eigenvalue weighted by Gasteiger charge is 2.19. The molecule has 0 amide bonds. The van der Waals surface area contributed by atoms with Crippen LogP contribution >= 0.6 is 0 Å². The van der Waals surface area contributed by atoms with E-state index in [1.165, 1.54) is 19.2 Å². The zero-order valence-electron chi connectivity index (χ0n) is 12.7. The van der Waals surface area contributed by atoms with Gasteiger partial charge in [-0.15, -0.1) is 0 Å². The SMILES string of the molecule is COc1ccc(F)cc1C(=O)COC(=O)c1n[nH]c2ccccc12. The number of para-hydroxylation sites is 1. The van der Waals surface area contributed by atoms with Crippen molar-refractivity contribution >= 4 is 22.7 Å². The van der Waals surface area contributed by atoms with E-state index in [-0.39, 0.29) is 17.0 Å². The third-order valence-electron chi connectivity index (χ3n) is 3.46. The largest absolute Gasteiger partial charge is 0.496 e. The first-order valence-corrected chi connectivity index (χ1v) is 7.07. The number of rotatable bonds is 5. The summed E-state index contributed by atoms with van der Waals surface area (Å²) in [6.07, 6.45) is 0. The van der Waals surface area contributed by atoms with Gasteiger partial charge >= 0.3 is 5.97 Å². The molecular formula is C17H13FN2O4. The van der Waals surface area contributed by atoms with Crippen LogP contribution in [0.5, 0.6) is 5.75 Å². The molecule has 1 heterocycles. The number of ketones is 1. The number of methoxy groups -OCH3 is 1. The first-order valence-electron chi connectivity index (χ1n) is 7.07. The monoisotopic (exact) mass is 328 g/mol. The number of aromatic nitrogens is 2. The number of H-pyrrole nitrogens is 1. The van der Waals surface area contributed by atoms with Crippen LogP contribution in [-0.2, 0) is 4.74 Å². The molecule has 0 atom stereocenters. The van der Waals surface area contributed by atoms with Gasteiger partial charge in [0, 0.05) is 5.39 Å². The first-order chi connectivity index (χ1) is 11.6. The summed E-state index contributed by atoms with van der Waals surface area (Å²) < 4.78 is 23.3. The fourth-order valence-electron chi connectivity index (χ4n) is 2.29. The van der Waals surface area contributed by atoms with E-state index in [1.54, 1.807) is 24.3 Å². The topological polar surface area (TPSA) is 81.3 Å². The fraction of sp³-hybridized carbons (Fsp3) is 0.118. The molecule has 0 aliphatic heterocycles. The second kappa shape index (κ2) is 6.49. The van der Waals surface area contributed by atoms with E-state index in [0.717, 1.165) is 6.07 Å². The molecule has 0 saturated carbocycles. The van der Waals surface area contributed by atoms with Gasteiger partial charge < -0.3 is 9.47 Å². The van der Waals surface area contributed by atoms with Crippen LogP contribution in [0.25, 0.3) is 10.9 Å². The maximum absolute atomic E-state index is 13.3. The van der Waals surface area contributed by atoms with Crippen molar-refractivity contribution in [2.45, 2.75) is 0 Å². The van der Waals surface area contributed by atoms with Crippen LogP contribution in [0.15, 0.2) is 42.5 Å². The maximum Gasteiger partial charge on any atom is 0.359 e. The van der Waals surface area contributed by atoms with Gasteiger partial charge in [0.2, 0.25) is 5.78 Å². The molecule has 7 heteroatoms. The highest BCUT2D eigenvalue weighted by molar-refractivity contribution is 6.04. The van der Waals surface area contributed by atoms with Crippen LogP contribution in [0.3, 0.4) is 0 Å². The van der Waals surface area contributed by atoms with Crippen molar-refractivity contribution in [2.75, 3.05) is 13.7 Å². The van der Waals surface area contributed by atoms with E-state index >= 15 is 0 Å². The number of aromatic amines is 1. The van der Waals surface area contributed by atoms with Gasteiger partial charge in [-0.3, -0.25) is 9.89 Å². The minimum atomic E-state index is -0.740. The number of hydrogen-bond donors (Lipinski definition) is 1. The number of carbonyl (C=O) groups is 2. The van der Waals surface area contributed by atoms with Crippen LogP contribution < -0.4 is 4.74 Å². The van der Waals surface area contributed by atoms with Gasteiger partial charge in [0.25, 0.3) is 0 Å². The van der Waals surface area contributed by atoms with Gasteiger partial charge in [-0.2, -0.15) is 5.10 Å². The standard InChI is InChI=1S/C17H13FN2O4/c1-23-15-7-6-10(18)8-12(15)14(21)9-24-17(22)16-11-4-2-3-5-13(11)19-20-16/h2-8H,9H2,1H3,(H,19,20). The molecule has 1 N–H and O–H groups in total. The molecule has 0 bridgehead atoms. The lowest BCUT2D eigenvalue weighted by atomic mass is 10.1. The van der Waals surface area contributed by atoms with Gasteiger partial charge in [0.05, 0.1) is 18.2 Å². The molecule has 3 rings (SSSR count). The summed E-state index contributed by atoms with van der Waals surface area (Å²) >= 11 is 0. The minimum Gasteiger partial charge on any atom is -0.496 e. The van der Waals surface area contributed by atoms with Gasteiger partial charge in [0.1, 0.15) is 11.6 Å².